The highest BCUT2D eigenvalue weighted by Gasteiger charge is 2.29. The van der Waals surface area contributed by atoms with Crippen LogP contribution in [-0.4, -0.2) is 66.0 Å². The molecule has 0 N–H and O–H groups in total. The van der Waals surface area contributed by atoms with E-state index in [2.05, 4.69) is 33.0 Å². The van der Waals surface area contributed by atoms with Crippen molar-refractivity contribution in [3.63, 3.8) is 0 Å². The Kier molecular flexibility index (Phi) is 4.04. The number of rotatable bonds is 4. The second-order valence-corrected chi connectivity index (χ2v) is 7.82. The van der Waals surface area contributed by atoms with Gasteiger partial charge >= 0.3 is 0 Å². The molecule has 5 heteroatoms. The van der Waals surface area contributed by atoms with E-state index in [1.807, 2.05) is 17.3 Å². The maximum atomic E-state index is 11.4. The molecule has 4 heterocycles. The first-order valence-electron chi connectivity index (χ1n) is 9.92. The summed E-state index contributed by atoms with van der Waals surface area (Å²) < 4.78 is 0. The maximum absolute atomic E-state index is 11.4. The highest BCUT2D eigenvalue weighted by Crippen LogP contribution is 2.36. The molecule has 5 rings (SSSR count). The van der Waals surface area contributed by atoms with Crippen LogP contribution in [-0.2, 0) is 11.2 Å². The topological polar surface area (TPSA) is 39.7 Å². The summed E-state index contributed by atoms with van der Waals surface area (Å²) in [7, 11) is 0. The van der Waals surface area contributed by atoms with Crippen LogP contribution in [0.25, 0.3) is 10.8 Å². The van der Waals surface area contributed by atoms with E-state index >= 15 is 0 Å². The third-order valence-corrected chi connectivity index (χ3v) is 6.40. The summed E-state index contributed by atoms with van der Waals surface area (Å²) in [6.45, 7) is 6.28. The lowest BCUT2D eigenvalue weighted by atomic mass is 9.94. The normalized spacial score (nSPS) is 21.3. The van der Waals surface area contributed by atoms with Crippen molar-refractivity contribution in [2.45, 2.75) is 31.7 Å². The van der Waals surface area contributed by atoms with Crippen LogP contribution < -0.4 is 4.90 Å². The first-order valence-corrected chi connectivity index (χ1v) is 9.92. The van der Waals surface area contributed by atoms with Gasteiger partial charge in [-0.25, -0.2) is 0 Å². The quantitative estimate of drug-likeness (QED) is 0.794. The second-order valence-electron chi connectivity index (χ2n) is 7.82. The van der Waals surface area contributed by atoms with Crippen molar-refractivity contribution in [1.82, 2.24) is 14.8 Å². The molecule has 0 radical (unpaired) electrons. The Labute approximate surface area is 154 Å². The largest absolute Gasteiger partial charge is 0.368 e. The number of nitrogens with zero attached hydrogens (tertiary/aromatic N) is 4. The Bertz CT molecular complexity index is 823. The molecule has 0 atom stereocenters. The van der Waals surface area contributed by atoms with Crippen LogP contribution in [0.3, 0.4) is 0 Å². The predicted octanol–water partition coefficient (Wildman–Crippen LogP) is 2.29. The second kappa shape index (κ2) is 6.54. The number of hydrogen-bond acceptors (Lipinski definition) is 4. The monoisotopic (exact) mass is 350 g/mol. The number of carbonyl (C=O) groups excluding carboxylic acids is 1. The lowest BCUT2D eigenvalue weighted by Crippen LogP contribution is -2.50. The molecule has 136 valence electrons. The number of hydrogen-bond donors (Lipinski definition) is 0. The van der Waals surface area contributed by atoms with Gasteiger partial charge in [0.05, 0.1) is 0 Å². The van der Waals surface area contributed by atoms with Gasteiger partial charge in [-0.3, -0.25) is 9.78 Å². The van der Waals surface area contributed by atoms with Crippen molar-refractivity contribution >= 4 is 22.4 Å². The summed E-state index contributed by atoms with van der Waals surface area (Å²) in [6.07, 6.45) is 8.31. The Morgan fingerprint density at radius 3 is 2.65 bits per heavy atom. The summed E-state index contributed by atoms with van der Waals surface area (Å²) in [5.74, 6) is 0.328. The highest BCUT2D eigenvalue weighted by atomic mass is 16.2. The van der Waals surface area contributed by atoms with Gasteiger partial charge in [-0.15, -0.1) is 0 Å². The molecule has 2 fully saturated rings. The fourth-order valence-electron chi connectivity index (χ4n) is 4.77. The van der Waals surface area contributed by atoms with E-state index in [0.717, 1.165) is 52.1 Å². The molecule has 0 spiro atoms. The highest BCUT2D eigenvalue weighted by molar-refractivity contribution is 5.97. The third-order valence-electron chi connectivity index (χ3n) is 6.40. The zero-order valence-electron chi connectivity index (χ0n) is 15.2. The minimum atomic E-state index is 0.328. The minimum absolute atomic E-state index is 0.328. The van der Waals surface area contributed by atoms with Gasteiger partial charge in [0.15, 0.2) is 0 Å². The van der Waals surface area contributed by atoms with Crippen LogP contribution in [0.4, 0.5) is 5.69 Å². The summed E-state index contributed by atoms with van der Waals surface area (Å²) in [5.41, 5.74) is 2.79. The Balaban J connectivity index is 1.26. The number of aromatic nitrogens is 1. The number of β-lactam (4-membered cyclic amide) rings is 1. The first-order chi connectivity index (χ1) is 12.8. The Morgan fingerprint density at radius 1 is 1.00 bits per heavy atom. The lowest BCUT2D eigenvalue weighted by Gasteiger charge is -2.42. The SMILES string of the molecule is O=C1CCN1CCN1CCC(N2CCc3cncc4cccc2c34)CC1. The number of carbonyl (C=O) groups is 1. The summed E-state index contributed by atoms with van der Waals surface area (Å²) >= 11 is 0. The molecule has 1 aromatic carbocycles. The summed E-state index contributed by atoms with van der Waals surface area (Å²) in [6, 6.07) is 7.26. The zero-order chi connectivity index (χ0) is 17.5. The molecule has 3 aliphatic rings. The smallest absolute Gasteiger partial charge is 0.224 e. The fraction of sp³-hybridized carbons (Fsp3) is 0.524. The first kappa shape index (κ1) is 16.1. The zero-order valence-corrected chi connectivity index (χ0v) is 15.2. The van der Waals surface area contributed by atoms with Crippen LogP contribution in [0, 0.1) is 0 Å². The number of pyridine rings is 1. The third kappa shape index (κ3) is 2.75. The van der Waals surface area contributed by atoms with Crippen molar-refractivity contribution < 1.29 is 4.79 Å². The van der Waals surface area contributed by atoms with Crippen molar-refractivity contribution in [2.24, 2.45) is 0 Å². The van der Waals surface area contributed by atoms with Gasteiger partial charge in [-0.05, 0) is 30.9 Å². The van der Waals surface area contributed by atoms with E-state index in [0.29, 0.717) is 11.9 Å². The van der Waals surface area contributed by atoms with E-state index < -0.39 is 0 Å². The molecule has 5 nitrogen and oxygen atoms in total. The van der Waals surface area contributed by atoms with Crippen LogP contribution in [0.1, 0.15) is 24.8 Å². The molecule has 2 aromatic rings. The summed E-state index contributed by atoms with van der Waals surface area (Å²) in [4.78, 5) is 23.0. The van der Waals surface area contributed by atoms with Gasteiger partial charge in [-0.1, -0.05) is 12.1 Å². The van der Waals surface area contributed by atoms with Crippen LogP contribution in [0.15, 0.2) is 30.6 Å². The predicted molar refractivity (Wildman–Crippen MR) is 103 cm³/mol. The van der Waals surface area contributed by atoms with Crippen LogP contribution >= 0.6 is 0 Å². The number of likely N-dealkylation sites (tertiary alicyclic amines) is 2. The number of amides is 1. The van der Waals surface area contributed by atoms with Crippen LogP contribution in [0.2, 0.25) is 0 Å². The number of piperidine rings is 1. The molecule has 1 aromatic heterocycles. The maximum Gasteiger partial charge on any atom is 0.224 e. The van der Waals surface area contributed by atoms with Crippen LogP contribution in [0.5, 0.6) is 0 Å². The van der Waals surface area contributed by atoms with E-state index in [1.54, 1.807) is 0 Å². The number of benzene rings is 1. The Morgan fingerprint density at radius 2 is 1.88 bits per heavy atom. The molecule has 0 bridgehead atoms. The molecule has 2 saturated heterocycles. The van der Waals surface area contributed by atoms with E-state index in [1.165, 1.54) is 34.9 Å². The summed E-state index contributed by atoms with van der Waals surface area (Å²) in [5, 5.41) is 2.67. The average molecular weight is 350 g/mol. The van der Waals surface area contributed by atoms with E-state index in [9.17, 15) is 4.79 Å². The van der Waals surface area contributed by atoms with Crippen molar-refractivity contribution in [1.29, 1.82) is 0 Å². The standard InChI is InChI=1S/C21H26N4O/c26-20-7-10-24(20)13-12-23-8-5-18(6-9-23)25-11-4-17-15-22-14-16-2-1-3-19(25)21(16)17/h1-3,14-15,18H,4-13H2. The van der Waals surface area contributed by atoms with Gasteiger partial charge in [0.25, 0.3) is 0 Å². The van der Waals surface area contributed by atoms with Gasteiger partial charge in [0.2, 0.25) is 5.91 Å². The molecule has 26 heavy (non-hydrogen) atoms. The average Bonchev–Trinajstić information content (AvgIpc) is 2.68. The molecule has 0 aliphatic carbocycles. The van der Waals surface area contributed by atoms with E-state index in [-0.39, 0.29) is 0 Å². The van der Waals surface area contributed by atoms with Gasteiger partial charge in [0.1, 0.15) is 0 Å². The molecule has 3 aliphatic heterocycles. The van der Waals surface area contributed by atoms with Gasteiger partial charge in [0, 0.05) is 80.6 Å². The molecular formula is C21H26N4O. The molecule has 0 unspecified atom stereocenters. The fourth-order valence-corrected chi connectivity index (χ4v) is 4.77. The molecule has 1 amide bonds. The van der Waals surface area contributed by atoms with Gasteiger partial charge in [-0.2, -0.15) is 0 Å². The minimum Gasteiger partial charge on any atom is -0.368 e. The lowest BCUT2D eigenvalue weighted by molar-refractivity contribution is -0.140. The molecular weight excluding hydrogens is 324 g/mol. The van der Waals surface area contributed by atoms with E-state index in [4.69, 9.17) is 0 Å². The van der Waals surface area contributed by atoms with Crippen molar-refractivity contribution in [3.05, 3.63) is 36.2 Å². The van der Waals surface area contributed by atoms with Crippen molar-refractivity contribution in [3.8, 4) is 0 Å². The number of anilines is 1. The Hall–Kier alpha value is -2.14. The van der Waals surface area contributed by atoms with Crippen molar-refractivity contribution in [2.75, 3.05) is 44.2 Å². The van der Waals surface area contributed by atoms with Gasteiger partial charge < -0.3 is 14.7 Å². The molecule has 0 saturated carbocycles.